The van der Waals surface area contributed by atoms with Crippen molar-refractivity contribution in [2.45, 2.75) is 34.1 Å². The Balaban J connectivity index is 2.46. The zero-order valence-corrected chi connectivity index (χ0v) is 13.8. The average Bonchev–Trinajstić information content (AvgIpc) is 2.28. The summed E-state index contributed by atoms with van der Waals surface area (Å²) in [5, 5.41) is 2.69. The standard InChI is InChI=1S/C15H20BrNO3/c1-10-5-6-12(11(16)7-10)17-13(18)9-20-14(19)8-15(2,3)4/h5-7H,8-9H2,1-4H3,(H,17,18). The Labute approximate surface area is 128 Å². The van der Waals surface area contributed by atoms with E-state index in [9.17, 15) is 9.59 Å². The number of amides is 1. The van der Waals surface area contributed by atoms with Gasteiger partial charge < -0.3 is 10.1 Å². The Hall–Kier alpha value is -1.36. The molecule has 1 aromatic carbocycles. The Morgan fingerprint density at radius 3 is 2.50 bits per heavy atom. The van der Waals surface area contributed by atoms with Crippen LogP contribution in [0.5, 0.6) is 0 Å². The molecule has 1 rings (SSSR count). The fourth-order valence-corrected chi connectivity index (χ4v) is 2.13. The van der Waals surface area contributed by atoms with E-state index in [4.69, 9.17) is 4.74 Å². The molecular formula is C15H20BrNO3. The first kappa shape index (κ1) is 16.7. The van der Waals surface area contributed by atoms with Gasteiger partial charge in [-0.25, -0.2) is 0 Å². The molecule has 0 aliphatic heterocycles. The highest BCUT2D eigenvalue weighted by Gasteiger charge is 2.18. The summed E-state index contributed by atoms with van der Waals surface area (Å²) in [5.41, 5.74) is 1.60. The predicted molar refractivity (Wildman–Crippen MR) is 82.5 cm³/mol. The summed E-state index contributed by atoms with van der Waals surface area (Å²) in [5.74, 6) is -0.715. The number of esters is 1. The summed E-state index contributed by atoms with van der Waals surface area (Å²) in [4.78, 5) is 23.2. The van der Waals surface area contributed by atoms with Gasteiger partial charge in [0.2, 0.25) is 0 Å². The first-order valence-corrected chi connectivity index (χ1v) is 7.18. The van der Waals surface area contributed by atoms with Crippen LogP contribution in [0, 0.1) is 12.3 Å². The molecule has 0 heterocycles. The normalized spacial score (nSPS) is 11.1. The molecule has 0 saturated carbocycles. The maximum atomic E-state index is 11.7. The summed E-state index contributed by atoms with van der Waals surface area (Å²) < 4.78 is 5.75. The Morgan fingerprint density at radius 2 is 1.95 bits per heavy atom. The van der Waals surface area contributed by atoms with Crippen LogP contribution in [0.1, 0.15) is 32.8 Å². The van der Waals surface area contributed by atoms with Crippen LogP contribution in [0.3, 0.4) is 0 Å². The first-order valence-electron chi connectivity index (χ1n) is 6.39. The van der Waals surface area contributed by atoms with Gasteiger partial charge in [-0.3, -0.25) is 9.59 Å². The van der Waals surface area contributed by atoms with E-state index in [0.29, 0.717) is 5.69 Å². The number of halogens is 1. The van der Waals surface area contributed by atoms with Gasteiger partial charge >= 0.3 is 5.97 Å². The van der Waals surface area contributed by atoms with E-state index in [1.165, 1.54) is 0 Å². The summed E-state index contributed by atoms with van der Waals surface area (Å²) >= 11 is 3.37. The van der Waals surface area contributed by atoms with Crippen molar-refractivity contribution in [3.63, 3.8) is 0 Å². The summed E-state index contributed by atoms with van der Waals surface area (Å²) in [7, 11) is 0. The van der Waals surface area contributed by atoms with E-state index in [2.05, 4.69) is 21.2 Å². The summed E-state index contributed by atoms with van der Waals surface area (Å²) in [6.45, 7) is 7.52. The quantitative estimate of drug-likeness (QED) is 0.850. The zero-order valence-electron chi connectivity index (χ0n) is 12.2. The third-order valence-corrected chi connectivity index (χ3v) is 3.09. The second-order valence-electron chi connectivity index (χ2n) is 5.93. The molecule has 0 bridgehead atoms. The topological polar surface area (TPSA) is 55.4 Å². The molecule has 0 radical (unpaired) electrons. The number of aryl methyl sites for hydroxylation is 1. The molecule has 4 nitrogen and oxygen atoms in total. The van der Waals surface area contributed by atoms with Crippen LogP contribution in [0.15, 0.2) is 22.7 Å². The van der Waals surface area contributed by atoms with E-state index in [1.54, 1.807) is 6.07 Å². The van der Waals surface area contributed by atoms with Gasteiger partial charge in [-0.1, -0.05) is 26.8 Å². The monoisotopic (exact) mass is 341 g/mol. The highest BCUT2D eigenvalue weighted by molar-refractivity contribution is 9.10. The maximum Gasteiger partial charge on any atom is 0.306 e. The average molecular weight is 342 g/mol. The van der Waals surface area contributed by atoms with E-state index in [0.717, 1.165) is 10.0 Å². The molecule has 5 heteroatoms. The molecule has 0 saturated heterocycles. The summed E-state index contributed by atoms with van der Waals surface area (Å²) in [6, 6.07) is 5.60. The van der Waals surface area contributed by atoms with Crippen molar-refractivity contribution >= 4 is 33.5 Å². The number of carbonyl (C=O) groups is 2. The molecule has 20 heavy (non-hydrogen) atoms. The van der Waals surface area contributed by atoms with Crippen molar-refractivity contribution in [1.29, 1.82) is 0 Å². The third-order valence-electron chi connectivity index (χ3n) is 2.44. The fraction of sp³-hybridized carbons (Fsp3) is 0.467. The second kappa shape index (κ2) is 6.88. The smallest absolute Gasteiger partial charge is 0.306 e. The molecule has 0 fully saturated rings. The van der Waals surface area contributed by atoms with Crippen LogP contribution in [-0.4, -0.2) is 18.5 Å². The van der Waals surface area contributed by atoms with Gasteiger partial charge in [0.25, 0.3) is 5.91 Å². The molecule has 110 valence electrons. The largest absolute Gasteiger partial charge is 0.456 e. The molecule has 0 aliphatic carbocycles. The highest BCUT2D eigenvalue weighted by Crippen LogP contribution is 2.23. The minimum Gasteiger partial charge on any atom is -0.456 e. The summed E-state index contributed by atoms with van der Waals surface area (Å²) in [6.07, 6.45) is 0.286. The van der Waals surface area contributed by atoms with Gasteiger partial charge in [0.1, 0.15) is 0 Å². The molecule has 1 N–H and O–H groups in total. The van der Waals surface area contributed by atoms with Gasteiger partial charge in [-0.05, 0) is 46.0 Å². The lowest BCUT2D eigenvalue weighted by Gasteiger charge is -2.16. The minimum absolute atomic E-state index is 0.145. The molecule has 1 amide bonds. The number of carbonyl (C=O) groups excluding carboxylic acids is 2. The van der Waals surface area contributed by atoms with Crippen LogP contribution in [-0.2, 0) is 14.3 Å². The van der Waals surface area contributed by atoms with Crippen molar-refractivity contribution in [1.82, 2.24) is 0 Å². The van der Waals surface area contributed by atoms with Crippen molar-refractivity contribution in [2.24, 2.45) is 5.41 Å². The van der Waals surface area contributed by atoms with Gasteiger partial charge in [0.05, 0.1) is 12.1 Å². The Morgan fingerprint density at radius 1 is 1.30 bits per heavy atom. The highest BCUT2D eigenvalue weighted by atomic mass is 79.9. The van der Waals surface area contributed by atoms with Crippen LogP contribution in [0.4, 0.5) is 5.69 Å². The Bertz CT molecular complexity index is 506. The molecule has 0 aromatic heterocycles. The SMILES string of the molecule is Cc1ccc(NC(=O)COC(=O)CC(C)(C)C)c(Br)c1. The number of benzene rings is 1. The van der Waals surface area contributed by atoms with E-state index >= 15 is 0 Å². The van der Waals surface area contributed by atoms with E-state index in [-0.39, 0.29) is 30.3 Å². The van der Waals surface area contributed by atoms with Gasteiger partial charge in [0, 0.05) is 4.47 Å². The molecule has 0 unspecified atom stereocenters. The lowest BCUT2D eigenvalue weighted by Crippen LogP contribution is -2.23. The second-order valence-corrected chi connectivity index (χ2v) is 6.78. The van der Waals surface area contributed by atoms with Crippen molar-refractivity contribution in [3.05, 3.63) is 28.2 Å². The number of hydrogen-bond acceptors (Lipinski definition) is 3. The van der Waals surface area contributed by atoms with Crippen LogP contribution >= 0.6 is 15.9 Å². The lowest BCUT2D eigenvalue weighted by atomic mass is 9.93. The predicted octanol–water partition coefficient (Wildman–Crippen LogP) is 3.68. The molecule has 1 aromatic rings. The molecule has 0 aliphatic rings. The molecule has 0 spiro atoms. The number of nitrogens with one attached hydrogen (secondary N) is 1. The Kier molecular flexibility index (Phi) is 5.74. The minimum atomic E-state index is -0.365. The van der Waals surface area contributed by atoms with Crippen molar-refractivity contribution in [3.8, 4) is 0 Å². The fourth-order valence-electron chi connectivity index (χ4n) is 1.54. The lowest BCUT2D eigenvalue weighted by molar-refractivity contribution is -0.149. The van der Waals surface area contributed by atoms with E-state index < -0.39 is 0 Å². The third kappa shape index (κ3) is 6.19. The van der Waals surface area contributed by atoms with E-state index in [1.807, 2.05) is 39.8 Å². The van der Waals surface area contributed by atoms with Gasteiger partial charge in [0.15, 0.2) is 6.61 Å². The van der Waals surface area contributed by atoms with Crippen molar-refractivity contribution < 1.29 is 14.3 Å². The number of rotatable bonds is 4. The zero-order chi connectivity index (χ0) is 15.3. The number of hydrogen-bond donors (Lipinski definition) is 1. The first-order chi connectivity index (χ1) is 9.17. The van der Waals surface area contributed by atoms with Crippen molar-refractivity contribution in [2.75, 3.05) is 11.9 Å². The molecule has 0 atom stereocenters. The van der Waals surface area contributed by atoms with Gasteiger partial charge in [-0.15, -0.1) is 0 Å². The number of anilines is 1. The van der Waals surface area contributed by atoms with Gasteiger partial charge in [-0.2, -0.15) is 0 Å². The van der Waals surface area contributed by atoms with Crippen LogP contribution in [0.2, 0.25) is 0 Å². The van der Waals surface area contributed by atoms with Crippen LogP contribution < -0.4 is 5.32 Å². The number of ether oxygens (including phenoxy) is 1. The van der Waals surface area contributed by atoms with Crippen LogP contribution in [0.25, 0.3) is 0 Å². The maximum absolute atomic E-state index is 11.7. The molecular weight excluding hydrogens is 322 g/mol.